The number of hydrogen-bond donors (Lipinski definition) is 1. The minimum Gasteiger partial charge on any atom is -0.493 e. The molecule has 0 saturated carbocycles. The predicted octanol–water partition coefficient (Wildman–Crippen LogP) is 6.10. The largest absolute Gasteiger partial charge is 0.493 e. The number of carbonyl (C=O) groups excluding carboxylic acids is 2. The molecular weight excluding hydrogens is 517 g/mol. The van der Waals surface area contributed by atoms with Crippen LogP contribution in [0.5, 0.6) is 17.2 Å². The molecule has 0 aliphatic heterocycles. The van der Waals surface area contributed by atoms with E-state index in [2.05, 4.69) is 10.3 Å². The molecule has 0 fully saturated rings. The van der Waals surface area contributed by atoms with Crippen LogP contribution in [-0.2, 0) is 4.79 Å². The Morgan fingerprint density at radius 2 is 1.66 bits per heavy atom. The number of nitrogens with one attached hydrogen (secondary N) is 1. The summed E-state index contributed by atoms with van der Waals surface area (Å²) in [6.07, 6.45) is 1.07. The van der Waals surface area contributed by atoms with Crippen LogP contribution in [0.4, 0.5) is 21.5 Å². The Hall–Kier alpha value is -4.57. The summed E-state index contributed by atoms with van der Waals surface area (Å²) in [6, 6.07) is 13.9. The number of halogens is 2. The van der Waals surface area contributed by atoms with E-state index in [1.807, 2.05) is 0 Å². The van der Waals surface area contributed by atoms with Crippen molar-refractivity contribution in [3.05, 3.63) is 77.5 Å². The van der Waals surface area contributed by atoms with Gasteiger partial charge in [0.05, 0.1) is 37.7 Å². The number of ether oxygens (including phenoxy) is 3. The fourth-order valence-electron chi connectivity index (χ4n) is 3.88. The zero-order valence-electron chi connectivity index (χ0n) is 20.9. The van der Waals surface area contributed by atoms with E-state index in [0.717, 1.165) is 6.39 Å². The number of amides is 2. The Kier molecular flexibility index (Phi) is 7.82. The summed E-state index contributed by atoms with van der Waals surface area (Å²) in [6.45, 7) is 1.37. The smallest absolute Gasteiger partial charge is 0.285 e. The lowest BCUT2D eigenvalue weighted by Gasteiger charge is -2.25. The standard InChI is InChI=1S/C27H23ClFN3O6/c1-15(33)31-16-7-5-8-17(11-16)32(18-12-21(35-2)26(37-4)22(13-18)36-3)27(34)24-25(38-14-30-24)19-9-6-10-20(29)23(19)28/h5-14H,1-4H3,(H,31,33). The summed E-state index contributed by atoms with van der Waals surface area (Å²) >= 11 is 6.18. The summed E-state index contributed by atoms with van der Waals surface area (Å²) in [5.74, 6) is -0.696. The van der Waals surface area contributed by atoms with E-state index >= 15 is 0 Å². The van der Waals surface area contributed by atoms with Gasteiger partial charge in [0.2, 0.25) is 11.7 Å². The maximum absolute atomic E-state index is 14.2. The van der Waals surface area contributed by atoms with E-state index in [-0.39, 0.29) is 27.9 Å². The molecule has 1 aromatic heterocycles. The number of aromatic nitrogens is 1. The SMILES string of the molecule is COc1cc(N(C(=O)c2ncoc2-c2cccc(F)c2Cl)c2cccc(NC(C)=O)c2)cc(OC)c1OC. The summed E-state index contributed by atoms with van der Waals surface area (Å²) < 4.78 is 36.1. The molecule has 2 amide bonds. The van der Waals surface area contributed by atoms with Gasteiger partial charge in [0, 0.05) is 30.3 Å². The Morgan fingerprint density at radius 3 is 2.29 bits per heavy atom. The normalized spacial score (nSPS) is 10.6. The molecule has 0 radical (unpaired) electrons. The number of benzene rings is 3. The molecule has 4 rings (SSSR count). The summed E-state index contributed by atoms with van der Waals surface area (Å²) in [7, 11) is 4.36. The van der Waals surface area contributed by atoms with Gasteiger partial charge < -0.3 is 23.9 Å². The zero-order valence-corrected chi connectivity index (χ0v) is 21.6. The first kappa shape index (κ1) is 26.5. The van der Waals surface area contributed by atoms with Crippen LogP contribution in [0.2, 0.25) is 5.02 Å². The first-order chi connectivity index (χ1) is 18.3. The van der Waals surface area contributed by atoms with Gasteiger partial charge in [-0.1, -0.05) is 23.7 Å². The molecule has 0 unspecified atom stereocenters. The number of rotatable bonds is 8. The Morgan fingerprint density at radius 1 is 0.974 bits per heavy atom. The minimum absolute atomic E-state index is 0.0186. The topological polar surface area (TPSA) is 103 Å². The molecule has 0 aliphatic carbocycles. The molecule has 0 bridgehead atoms. The summed E-state index contributed by atoms with van der Waals surface area (Å²) in [5, 5.41) is 2.48. The van der Waals surface area contributed by atoms with Crippen molar-refractivity contribution in [1.82, 2.24) is 4.98 Å². The minimum atomic E-state index is -0.677. The van der Waals surface area contributed by atoms with Gasteiger partial charge in [0.25, 0.3) is 5.91 Å². The Bertz CT molecular complexity index is 1480. The van der Waals surface area contributed by atoms with Crippen LogP contribution in [0.3, 0.4) is 0 Å². The van der Waals surface area contributed by atoms with Crippen LogP contribution in [-0.4, -0.2) is 38.1 Å². The monoisotopic (exact) mass is 539 g/mol. The highest BCUT2D eigenvalue weighted by Gasteiger charge is 2.29. The number of hydrogen-bond acceptors (Lipinski definition) is 7. The van der Waals surface area contributed by atoms with Crippen molar-refractivity contribution < 1.29 is 32.6 Å². The van der Waals surface area contributed by atoms with Crippen LogP contribution in [0.25, 0.3) is 11.3 Å². The molecule has 1 N–H and O–H groups in total. The quantitative estimate of drug-likeness (QED) is 0.289. The van der Waals surface area contributed by atoms with Crippen LogP contribution in [0.15, 0.2) is 65.4 Å². The van der Waals surface area contributed by atoms with E-state index in [1.165, 1.54) is 51.4 Å². The number of nitrogens with zero attached hydrogens (tertiary/aromatic N) is 2. The molecule has 11 heteroatoms. The predicted molar refractivity (Wildman–Crippen MR) is 140 cm³/mol. The molecule has 3 aromatic carbocycles. The third-order valence-electron chi connectivity index (χ3n) is 5.50. The molecule has 196 valence electrons. The molecule has 0 aliphatic rings. The maximum atomic E-state index is 14.2. The van der Waals surface area contributed by atoms with E-state index in [4.69, 9.17) is 30.2 Å². The van der Waals surface area contributed by atoms with Gasteiger partial charge in [0.15, 0.2) is 29.3 Å². The van der Waals surface area contributed by atoms with Crippen molar-refractivity contribution in [2.45, 2.75) is 6.92 Å². The van der Waals surface area contributed by atoms with Gasteiger partial charge in [-0.15, -0.1) is 0 Å². The van der Waals surface area contributed by atoms with Gasteiger partial charge in [-0.2, -0.15) is 0 Å². The Balaban J connectivity index is 1.93. The number of methoxy groups -OCH3 is 3. The summed E-state index contributed by atoms with van der Waals surface area (Å²) in [4.78, 5) is 31.3. The highest BCUT2D eigenvalue weighted by atomic mass is 35.5. The average Bonchev–Trinajstić information content (AvgIpc) is 3.39. The van der Waals surface area contributed by atoms with Crippen molar-refractivity contribution in [2.24, 2.45) is 0 Å². The number of anilines is 3. The molecule has 0 spiro atoms. The molecule has 1 heterocycles. The lowest BCUT2D eigenvalue weighted by atomic mass is 10.1. The van der Waals surface area contributed by atoms with Crippen LogP contribution in [0, 0.1) is 5.82 Å². The van der Waals surface area contributed by atoms with Gasteiger partial charge in [-0.25, -0.2) is 9.37 Å². The van der Waals surface area contributed by atoms with Gasteiger partial charge >= 0.3 is 0 Å². The average molecular weight is 540 g/mol. The van der Waals surface area contributed by atoms with Crippen molar-refractivity contribution in [2.75, 3.05) is 31.5 Å². The third kappa shape index (κ3) is 5.12. The fraction of sp³-hybridized carbons (Fsp3) is 0.148. The van der Waals surface area contributed by atoms with Crippen molar-refractivity contribution >= 4 is 40.5 Å². The fourth-order valence-corrected chi connectivity index (χ4v) is 4.09. The second-order valence-corrected chi connectivity index (χ2v) is 8.27. The summed E-state index contributed by atoms with van der Waals surface area (Å²) in [5.41, 5.74) is 1.17. The van der Waals surface area contributed by atoms with Crippen molar-refractivity contribution in [3.8, 4) is 28.6 Å². The molecule has 0 atom stereocenters. The van der Waals surface area contributed by atoms with Crippen molar-refractivity contribution in [3.63, 3.8) is 0 Å². The maximum Gasteiger partial charge on any atom is 0.285 e. The molecule has 38 heavy (non-hydrogen) atoms. The third-order valence-corrected chi connectivity index (χ3v) is 5.89. The van der Waals surface area contributed by atoms with Gasteiger partial charge in [0.1, 0.15) is 5.82 Å². The van der Waals surface area contributed by atoms with Crippen LogP contribution < -0.4 is 24.4 Å². The van der Waals surface area contributed by atoms with E-state index in [0.29, 0.717) is 34.3 Å². The second kappa shape index (κ2) is 11.2. The zero-order chi connectivity index (χ0) is 27.4. The van der Waals surface area contributed by atoms with E-state index < -0.39 is 11.7 Å². The number of oxazole rings is 1. The van der Waals surface area contributed by atoms with Gasteiger partial charge in [-0.3, -0.25) is 14.5 Å². The molecular formula is C27H23ClFN3O6. The van der Waals surface area contributed by atoms with E-state index in [1.54, 1.807) is 36.4 Å². The highest BCUT2D eigenvalue weighted by Crippen LogP contribution is 2.44. The lowest BCUT2D eigenvalue weighted by molar-refractivity contribution is -0.114. The first-order valence-electron chi connectivity index (χ1n) is 11.2. The highest BCUT2D eigenvalue weighted by molar-refractivity contribution is 6.33. The second-order valence-electron chi connectivity index (χ2n) is 7.89. The first-order valence-corrected chi connectivity index (χ1v) is 11.6. The Labute approximate surface area is 222 Å². The lowest BCUT2D eigenvalue weighted by Crippen LogP contribution is -2.27. The van der Waals surface area contributed by atoms with Crippen LogP contribution in [0.1, 0.15) is 17.4 Å². The van der Waals surface area contributed by atoms with E-state index in [9.17, 15) is 14.0 Å². The van der Waals surface area contributed by atoms with Crippen molar-refractivity contribution in [1.29, 1.82) is 0 Å². The van der Waals surface area contributed by atoms with Gasteiger partial charge in [-0.05, 0) is 30.3 Å². The molecule has 0 saturated heterocycles. The number of carbonyl (C=O) groups is 2. The molecule has 9 nitrogen and oxygen atoms in total. The van der Waals surface area contributed by atoms with Crippen LogP contribution >= 0.6 is 11.6 Å². The molecule has 4 aromatic rings.